The van der Waals surface area contributed by atoms with Crippen molar-refractivity contribution in [1.82, 2.24) is 0 Å². The monoisotopic (exact) mass is 220 g/mol. The van der Waals surface area contributed by atoms with E-state index in [1.807, 2.05) is 24.3 Å². The lowest BCUT2D eigenvalue weighted by Crippen LogP contribution is -2.48. The van der Waals surface area contributed by atoms with E-state index in [-0.39, 0.29) is 11.9 Å². The van der Waals surface area contributed by atoms with Crippen molar-refractivity contribution in [3.05, 3.63) is 24.3 Å². The Labute approximate surface area is 95.0 Å². The molecule has 1 aromatic carbocycles. The Hall–Kier alpha value is -1.55. The molecule has 1 aliphatic rings. The van der Waals surface area contributed by atoms with Crippen LogP contribution in [0.3, 0.4) is 0 Å². The molecular weight excluding hydrogens is 204 g/mol. The smallest absolute Gasteiger partial charge is 0.243 e. The zero-order chi connectivity index (χ0) is 11.5. The van der Waals surface area contributed by atoms with Crippen molar-refractivity contribution in [2.45, 2.75) is 18.9 Å². The number of carbonyl (C=O) groups is 1. The standard InChI is InChI=1S/C12H16N2O2/c1-16-10-5-2-4-9(8-10)14-7-3-6-11(13)12(14)15/h2,4-5,8,11H,3,6-7,13H2,1H3/t11-/m1/s1. The molecule has 1 fully saturated rings. The Morgan fingerprint density at radius 2 is 2.31 bits per heavy atom. The van der Waals surface area contributed by atoms with E-state index in [2.05, 4.69) is 0 Å². The van der Waals surface area contributed by atoms with Crippen molar-refractivity contribution in [3.63, 3.8) is 0 Å². The average molecular weight is 220 g/mol. The molecule has 0 radical (unpaired) electrons. The Morgan fingerprint density at radius 3 is 3.06 bits per heavy atom. The first-order valence-electron chi connectivity index (χ1n) is 5.43. The van der Waals surface area contributed by atoms with Gasteiger partial charge in [-0.3, -0.25) is 4.79 Å². The van der Waals surface area contributed by atoms with Gasteiger partial charge in [0.1, 0.15) is 5.75 Å². The molecule has 1 heterocycles. The van der Waals surface area contributed by atoms with Gasteiger partial charge in [0.2, 0.25) is 5.91 Å². The number of hydrogen-bond donors (Lipinski definition) is 1. The first-order chi connectivity index (χ1) is 7.72. The summed E-state index contributed by atoms with van der Waals surface area (Å²) < 4.78 is 5.14. The molecule has 4 heteroatoms. The van der Waals surface area contributed by atoms with E-state index >= 15 is 0 Å². The number of benzene rings is 1. The van der Waals surface area contributed by atoms with Crippen LogP contribution in [-0.2, 0) is 4.79 Å². The minimum Gasteiger partial charge on any atom is -0.497 e. The summed E-state index contributed by atoms with van der Waals surface area (Å²) in [5.74, 6) is 0.754. The number of ether oxygens (including phenoxy) is 1. The van der Waals surface area contributed by atoms with Crippen molar-refractivity contribution in [1.29, 1.82) is 0 Å². The highest BCUT2D eigenvalue weighted by Gasteiger charge is 2.26. The summed E-state index contributed by atoms with van der Waals surface area (Å²) in [6, 6.07) is 7.13. The summed E-state index contributed by atoms with van der Waals surface area (Å²) in [6.45, 7) is 0.736. The minimum atomic E-state index is -0.361. The zero-order valence-corrected chi connectivity index (χ0v) is 9.35. The largest absolute Gasteiger partial charge is 0.497 e. The maximum atomic E-state index is 11.9. The van der Waals surface area contributed by atoms with Gasteiger partial charge in [-0.05, 0) is 25.0 Å². The van der Waals surface area contributed by atoms with Crippen molar-refractivity contribution < 1.29 is 9.53 Å². The number of methoxy groups -OCH3 is 1. The second-order valence-corrected chi connectivity index (χ2v) is 3.94. The molecule has 0 aromatic heterocycles. The van der Waals surface area contributed by atoms with E-state index in [4.69, 9.17) is 10.5 Å². The first-order valence-corrected chi connectivity index (χ1v) is 5.43. The van der Waals surface area contributed by atoms with Crippen LogP contribution in [0.15, 0.2) is 24.3 Å². The van der Waals surface area contributed by atoms with Crippen LogP contribution >= 0.6 is 0 Å². The number of carbonyl (C=O) groups excluding carboxylic acids is 1. The molecule has 1 aromatic rings. The van der Waals surface area contributed by atoms with Gasteiger partial charge in [-0.2, -0.15) is 0 Å². The number of amides is 1. The molecule has 1 saturated heterocycles. The van der Waals surface area contributed by atoms with E-state index in [1.165, 1.54) is 0 Å². The normalized spacial score (nSPS) is 21.0. The van der Waals surface area contributed by atoms with Gasteiger partial charge in [0.05, 0.1) is 13.2 Å². The highest BCUT2D eigenvalue weighted by atomic mass is 16.5. The predicted molar refractivity (Wildman–Crippen MR) is 62.6 cm³/mol. The Bertz CT molecular complexity index is 392. The van der Waals surface area contributed by atoms with Crippen molar-refractivity contribution >= 4 is 11.6 Å². The van der Waals surface area contributed by atoms with E-state index in [0.29, 0.717) is 0 Å². The first kappa shape index (κ1) is 11.0. The van der Waals surface area contributed by atoms with E-state index in [9.17, 15) is 4.79 Å². The number of nitrogens with zero attached hydrogens (tertiary/aromatic N) is 1. The number of hydrogen-bond acceptors (Lipinski definition) is 3. The number of rotatable bonds is 2. The molecule has 0 aliphatic carbocycles. The molecular formula is C12H16N2O2. The van der Waals surface area contributed by atoms with Crippen molar-refractivity contribution in [2.24, 2.45) is 5.73 Å². The topological polar surface area (TPSA) is 55.6 Å². The molecule has 1 aliphatic heterocycles. The van der Waals surface area contributed by atoms with Gasteiger partial charge in [0.25, 0.3) is 0 Å². The molecule has 2 N–H and O–H groups in total. The average Bonchev–Trinajstić information content (AvgIpc) is 2.33. The zero-order valence-electron chi connectivity index (χ0n) is 9.35. The van der Waals surface area contributed by atoms with Crippen LogP contribution in [0.25, 0.3) is 0 Å². The van der Waals surface area contributed by atoms with Gasteiger partial charge < -0.3 is 15.4 Å². The molecule has 86 valence electrons. The molecule has 16 heavy (non-hydrogen) atoms. The van der Waals surface area contributed by atoms with Crippen LogP contribution in [0.4, 0.5) is 5.69 Å². The van der Waals surface area contributed by atoms with Crippen LogP contribution in [0.5, 0.6) is 5.75 Å². The summed E-state index contributed by atoms with van der Waals surface area (Å²) in [4.78, 5) is 13.6. The Balaban J connectivity index is 2.25. The lowest BCUT2D eigenvalue weighted by molar-refractivity contribution is -0.120. The van der Waals surface area contributed by atoms with Gasteiger partial charge in [-0.25, -0.2) is 0 Å². The summed E-state index contributed by atoms with van der Waals surface area (Å²) >= 11 is 0. The molecule has 2 rings (SSSR count). The highest BCUT2D eigenvalue weighted by molar-refractivity contribution is 5.97. The van der Waals surface area contributed by atoms with Crippen LogP contribution < -0.4 is 15.4 Å². The number of anilines is 1. The number of piperidine rings is 1. The maximum Gasteiger partial charge on any atom is 0.243 e. The fourth-order valence-corrected chi connectivity index (χ4v) is 1.94. The van der Waals surface area contributed by atoms with Gasteiger partial charge in [0, 0.05) is 18.3 Å². The van der Waals surface area contributed by atoms with Crippen LogP contribution in [0.2, 0.25) is 0 Å². The van der Waals surface area contributed by atoms with Crippen molar-refractivity contribution in [3.8, 4) is 5.75 Å². The SMILES string of the molecule is COc1cccc(N2CCC[C@@H](N)C2=O)c1. The van der Waals surface area contributed by atoms with Crippen molar-refractivity contribution in [2.75, 3.05) is 18.6 Å². The van der Waals surface area contributed by atoms with E-state index in [0.717, 1.165) is 30.8 Å². The molecule has 0 unspecified atom stereocenters. The molecule has 0 saturated carbocycles. The molecule has 1 amide bonds. The van der Waals surface area contributed by atoms with E-state index < -0.39 is 0 Å². The third-order valence-electron chi connectivity index (χ3n) is 2.85. The molecule has 4 nitrogen and oxygen atoms in total. The fraction of sp³-hybridized carbons (Fsp3) is 0.417. The van der Waals surface area contributed by atoms with Crippen LogP contribution in [-0.4, -0.2) is 25.6 Å². The second kappa shape index (κ2) is 4.53. The Kier molecular flexibility index (Phi) is 3.10. The maximum absolute atomic E-state index is 11.9. The predicted octanol–water partition coefficient (Wildman–Crippen LogP) is 1.15. The second-order valence-electron chi connectivity index (χ2n) is 3.94. The lowest BCUT2D eigenvalue weighted by atomic mass is 10.0. The van der Waals surface area contributed by atoms with Gasteiger partial charge in [0.15, 0.2) is 0 Å². The summed E-state index contributed by atoms with van der Waals surface area (Å²) in [7, 11) is 1.61. The quantitative estimate of drug-likeness (QED) is 0.813. The van der Waals surface area contributed by atoms with Crippen LogP contribution in [0, 0.1) is 0 Å². The number of nitrogens with two attached hydrogens (primary N) is 1. The molecule has 0 spiro atoms. The lowest BCUT2D eigenvalue weighted by Gasteiger charge is -2.30. The van der Waals surface area contributed by atoms with Gasteiger partial charge in [-0.15, -0.1) is 0 Å². The van der Waals surface area contributed by atoms with E-state index in [1.54, 1.807) is 12.0 Å². The van der Waals surface area contributed by atoms with Gasteiger partial charge in [-0.1, -0.05) is 6.07 Å². The summed E-state index contributed by atoms with van der Waals surface area (Å²) in [5.41, 5.74) is 6.61. The summed E-state index contributed by atoms with van der Waals surface area (Å²) in [6.07, 6.45) is 1.73. The third-order valence-corrected chi connectivity index (χ3v) is 2.85. The van der Waals surface area contributed by atoms with Crippen LogP contribution in [0.1, 0.15) is 12.8 Å². The highest BCUT2D eigenvalue weighted by Crippen LogP contribution is 2.24. The third kappa shape index (κ3) is 2.02. The molecule has 0 bridgehead atoms. The fourth-order valence-electron chi connectivity index (χ4n) is 1.94. The Morgan fingerprint density at radius 1 is 1.50 bits per heavy atom. The molecule has 1 atom stereocenters. The minimum absolute atomic E-state index is 0.000460. The van der Waals surface area contributed by atoms with Gasteiger partial charge >= 0.3 is 0 Å². The summed E-state index contributed by atoms with van der Waals surface area (Å²) in [5, 5.41) is 0.